The molecule has 2 aromatic heterocycles. The van der Waals surface area contributed by atoms with Crippen LogP contribution >= 0.6 is 0 Å². The Labute approximate surface area is 175 Å². The van der Waals surface area contributed by atoms with E-state index in [1.165, 1.54) is 23.0 Å². The number of ether oxygens (including phenoxy) is 1. The van der Waals surface area contributed by atoms with Gasteiger partial charge in [-0.25, -0.2) is 9.67 Å². The number of carbonyl (C=O) groups excluding carboxylic acids is 1. The van der Waals surface area contributed by atoms with E-state index in [1.807, 2.05) is 6.92 Å². The molecule has 0 spiro atoms. The normalized spacial score (nSPS) is 11.5. The van der Waals surface area contributed by atoms with Gasteiger partial charge in [-0.2, -0.15) is 18.3 Å². The minimum absolute atomic E-state index is 0.0732. The number of unbranched alkanes of at least 4 members (excludes halogenated alkanes) is 2. The van der Waals surface area contributed by atoms with E-state index in [1.54, 1.807) is 24.3 Å². The van der Waals surface area contributed by atoms with E-state index in [9.17, 15) is 22.8 Å². The minimum atomic E-state index is -4.47. The van der Waals surface area contributed by atoms with Crippen LogP contribution in [0, 0.1) is 0 Å². The molecule has 0 fully saturated rings. The molecule has 3 aromatic rings. The summed E-state index contributed by atoms with van der Waals surface area (Å²) in [6, 6.07) is 9.29. The van der Waals surface area contributed by atoms with Gasteiger partial charge in [0.2, 0.25) is 5.88 Å². The van der Waals surface area contributed by atoms with Crippen LogP contribution in [0.4, 0.5) is 18.9 Å². The van der Waals surface area contributed by atoms with Crippen molar-refractivity contribution < 1.29 is 22.7 Å². The van der Waals surface area contributed by atoms with Crippen molar-refractivity contribution >= 4 is 22.4 Å². The summed E-state index contributed by atoms with van der Waals surface area (Å²) < 4.78 is 42.5. The van der Waals surface area contributed by atoms with Crippen LogP contribution in [0.15, 0.2) is 47.4 Å². The second-order valence-corrected chi connectivity index (χ2v) is 6.87. The molecule has 0 aliphatic heterocycles. The topological polar surface area (TPSA) is 86.1 Å². The summed E-state index contributed by atoms with van der Waals surface area (Å²) in [6.07, 6.45) is -0.626. The highest BCUT2D eigenvalue weighted by Crippen LogP contribution is 2.19. The van der Waals surface area contributed by atoms with Crippen LogP contribution in [0.1, 0.15) is 36.7 Å². The maximum absolute atomic E-state index is 12.9. The van der Waals surface area contributed by atoms with E-state index >= 15 is 0 Å². The summed E-state index contributed by atoms with van der Waals surface area (Å²) >= 11 is 0. The second-order valence-electron chi connectivity index (χ2n) is 6.87. The lowest BCUT2D eigenvalue weighted by atomic mass is 10.1. The maximum atomic E-state index is 12.9. The molecule has 0 aliphatic rings. The molecular formula is C21H21F3N4O3. The molecule has 0 unspecified atom stereocenters. The summed E-state index contributed by atoms with van der Waals surface area (Å²) in [5, 5.41) is 7.67. The number of fused-ring (bicyclic) bond motifs is 1. The number of nitrogens with one attached hydrogen (secondary N) is 1. The number of halogens is 3. The van der Waals surface area contributed by atoms with Crippen molar-refractivity contribution in [1.29, 1.82) is 0 Å². The molecule has 0 saturated carbocycles. The molecule has 1 N–H and O–H groups in total. The van der Waals surface area contributed by atoms with Crippen molar-refractivity contribution in [3.63, 3.8) is 0 Å². The number of nitrogens with zero attached hydrogens (tertiary/aromatic N) is 3. The average molecular weight is 434 g/mol. The number of aromatic nitrogens is 3. The van der Waals surface area contributed by atoms with Crippen LogP contribution in [0.3, 0.4) is 0 Å². The van der Waals surface area contributed by atoms with Gasteiger partial charge in [0.05, 0.1) is 17.3 Å². The quantitative estimate of drug-likeness (QED) is 0.538. The molecule has 0 saturated heterocycles. The fraction of sp³-hybridized carbons (Fsp3) is 0.333. The Bertz CT molecular complexity index is 1110. The molecule has 31 heavy (non-hydrogen) atoms. The number of carbonyl (C=O) groups is 1. The zero-order valence-electron chi connectivity index (χ0n) is 16.8. The molecule has 7 nitrogen and oxygen atoms in total. The standard InChI is InChI=1S/C21H21F3N4O3/c1-2-3-6-11-28-20(30)16-8-5-4-7-15(16)18(27-28)19(29)26-14-9-10-17(25-12-14)31-13-21(22,23)24/h4-5,7-10,12H,2-3,6,11,13H2,1H3,(H,26,29). The third-order valence-electron chi connectivity index (χ3n) is 4.43. The lowest BCUT2D eigenvalue weighted by molar-refractivity contribution is -0.154. The van der Waals surface area contributed by atoms with Gasteiger partial charge in [0.15, 0.2) is 12.3 Å². The van der Waals surface area contributed by atoms with Crippen LogP contribution < -0.4 is 15.6 Å². The third kappa shape index (κ3) is 5.80. The van der Waals surface area contributed by atoms with Gasteiger partial charge in [-0.3, -0.25) is 9.59 Å². The maximum Gasteiger partial charge on any atom is 0.422 e. The van der Waals surface area contributed by atoms with Crippen molar-refractivity contribution in [3.05, 3.63) is 58.6 Å². The minimum Gasteiger partial charge on any atom is -0.468 e. The van der Waals surface area contributed by atoms with Crippen LogP contribution in [-0.4, -0.2) is 33.5 Å². The van der Waals surface area contributed by atoms with Gasteiger partial charge in [0.1, 0.15) is 0 Å². The Hall–Kier alpha value is -3.43. The summed E-state index contributed by atoms with van der Waals surface area (Å²) in [6.45, 7) is 0.981. The highest BCUT2D eigenvalue weighted by molar-refractivity contribution is 6.11. The van der Waals surface area contributed by atoms with Gasteiger partial charge in [-0.05, 0) is 18.6 Å². The number of hydrogen-bond donors (Lipinski definition) is 1. The lowest BCUT2D eigenvalue weighted by Crippen LogP contribution is -2.27. The molecule has 0 atom stereocenters. The summed E-state index contributed by atoms with van der Waals surface area (Å²) in [5.74, 6) is -0.783. The van der Waals surface area contributed by atoms with E-state index in [0.29, 0.717) is 17.3 Å². The van der Waals surface area contributed by atoms with Gasteiger partial charge in [0.25, 0.3) is 11.5 Å². The molecule has 1 amide bonds. The number of aryl methyl sites for hydroxylation is 1. The Morgan fingerprint density at radius 2 is 1.87 bits per heavy atom. The Morgan fingerprint density at radius 1 is 1.13 bits per heavy atom. The van der Waals surface area contributed by atoms with Crippen LogP contribution in [0.25, 0.3) is 10.8 Å². The first kappa shape index (κ1) is 22.3. The summed E-state index contributed by atoms with van der Waals surface area (Å²) in [7, 11) is 0. The monoisotopic (exact) mass is 434 g/mol. The number of pyridine rings is 1. The predicted octanol–water partition coefficient (Wildman–Crippen LogP) is 4.18. The van der Waals surface area contributed by atoms with Gasteiger partial charge < -0.3 is 10.1 Å². The fourth-order valence-electron chi connectivity index (χ4n) is 2.95. The van der Waals surface area contributed by atoms with E-state index in [4.69, 9.17) is 0 Å². The molecule has 164 valence electrons. The Kier molecular flexibility index (Phi) is 6.88. The smallest absolute Gasteiger partial charge is 0.422 e. The second kappa shape index (κ2) is 9.59. The van der Waals surface area contributed by atoms with Crippen LogP contribution in [-0.2, 0) is 6.54 Å². The predicted molar refractivity (Wildman–Crippen MR) is 109 cm³/mol. The Balaban J connectivity index is 1.83. The number of hydrogen-bond acceptors (Lipinski definition) is 5. The zero-order valence-corrected chi connectivity index (χ0v) is 16.8. The van der Waals surface area contributed by atoms with Crippen molar-refractivity contribution in [2.24, 2.45) is 0 Å². The Morgan fingerprint density at radius 3 is 2.52 bits per heavy atom. The van der Waals surface area contributed by atoms with Crippen molar-refractivity contribution in [1.82, 2.24) is 14.8 Å². The average Bonchev–Trinajstić information content (AvgIpc) is 2.74. The van der Waals surface area contributed by atoms with Gasteiger partial charge in [-0.1, -0.05) is 38.0 Å². The number of amides is 1. The largest absolute Gasteiger partial charge is 0.468 e. The van der Waals surface area contributed by atoms with Crippen molar-refractivity contribution in [3.8, 4) is 5.88 Å². The number of anilines is 1. The number of alkyl halides is 3. The highest BCUT2D eigenvalue weighted by Gasteiger charge is 2.28. The SMILES string of the molecule is CCCCCn1nc(C(=O)Nc2ccc(OCC(F)(F)F)nc2)c2ccccc2c1=O. The molecule has 3 rings (SSSR count). The zero-order chi connectivity index (χ0) is 22.4. The van der Waals surface area contributed by atoms with E-state index in [0.717, 1.165) is 19.3 Å². The molecule has 0 aliphatic carbocycles. The molecule has 1 aromatic carbocycles. The van der Waals surface area contributed by atoms with Gasteiger partial charge >= 0.3 is 6.18 Å². The summed E-state index contributed by atoms with van der Waals surface area (Å²) in [4.78, 5) is 29.3. The van der Waals surface area contributed by atoms with Crippen LogP contribution in [0.2, 0.25) is 0 Å². The fourth-order valence-corrected chi connectivity index (χ4v) is 2.95. The highest BCUT2D eigenvalue weighted by atomic mass is 19.4. The van der Waals surface area contributed by atoms with Gasteiger partial charge in [-0.15, -0.1) is 0 Å². The van der Waals surface area contributed by atoms with Crippen molar-refractivity contribution in [2.75, 3.05) is 11.9 Å². The molecule has 10 heteroatoms. The summed E-state index contributed by atoms with van der Waals surface area (Å²) in [5.41, 5.74) is 0.0548. The first-order chi connectivity index (χ1) is 14.8. The van der Waals surface area contributed by atoms with E-state index in [2.05, 4.69) is 20.1 Å². The van der Waals surface area contributed by atoms with E-state index in [-0.39, 0.29) is 22.8 Å². The molecule has 2 heterocycles. The lowest BCUT2D eigenvalue weighted by Gasteiger charge is -2.12. The van der Waals surface area contributed by atoms with Crippen molar-refractivity contribution in [2.45, 2.75) is 38.9 Å². The van der Waals surface area contributed by atoms with E-state index < -0.39 is 18.7 Å². The first-order valence-corrected chi connectivity index (χ1v) is 9.75. The molecule has 0 bridgehead atoms. The molecule has 0 radical (unpaired) electrons. The number of rotatable bonds is 8. The third-order valence-corrected chi connectivity index (χ3v) is 4.43. The number of benzene rings is 1. The first-order valence-electron chi connectivity index (χ1n) is 9.75. The van der Waals surface area contributed by atoms with Gasteiger partial charge in [0, 0.05) is 18.0 Å². The van der Waals surface area contributed by atoms with Crippen LogP contribution in [0.5, 0.6) is 5.88 Å². The molecular weight excluding hydrogens is 413 g/mol.